The number of carbonyl (C=O) groups excluding carboxylic acids is 3. The topological polar surface area (TPSA) is 99.2 Å². The fourth-order valence-electron chi connectivity index (χ4n) is 3.83. The Morgan fingerprint density at radius 1 is 1.21 bits per heavy atom. The predicted molar refractivity (Wildman–Crippen MR) is 126 cm³/mol. The number of benzene rings is 1. The summed E-state index contributed by atoms with van der Waals surface area (Å²) in [4.78, 5) is 50.7. The highest BCUT2D eigenvalue weighted by atomic mass is 79.9. The number of aromatic nitrogens is 2. The second-order valence-electron chi connectivity index (χ2n) is 8.02. The van der Waals surface area contributed by atoms with E-state index in [9.17, 15) is 18.8 Å². The van der Waals surface area contributed by atoms with Crippen LogP contribution in [0, 0.1) is 5.82 Å². The fourth-order valence-corrected chi connectivity index (χ4v) is 4.19. The monoisotopic (exact) mass is 534 g/mol. The van der Waals surface area contributed by atoms with E-state index in [0.717, 1.165) is 0 Å². The molecular weight excluding hydrogens is 511 g/mol. The molecule has 0 saturated carbocycles. The zero-order chi connectivity index (χ0) is 24.4. The van der Waals surface area contributed by atoms with Crippen LogP contribution in [0.15, 0.2) is 30.6 Å². The summed E-state index contributed by atoms with van der Waals surface area (Å²) < 4.78 is 20.2. The minimum Gasteiger partial charge on any atom is -0.423 e. The summed E-state index contributed by atoms with van der Waals surface area (Å²) >= 11 is 3.19. The lowest BCUT2D eigenvalue weighted by atomic mass is 10.1. The van der Waals surface area contributed by atoms with Crippen LogP contribution in [-0.2, 0) is 14.3 Å². The van der Waals surface area contributed by atoms with E-state index in [1.54, 1.807) is 36.5 Å². The van der Waals surface area contributed by atoms with E-state index in [0.29, 0.717) is 54.3 Å². The molecule has 10 nitrogen and oxygen atoms in total. The van der Waals surface area contributed by atoms with Crippen molar-refractivity contribution in [3.63, 3.8) is 0 Å². The number of carbonyl (C=O) groups is 3. The molecule has 1 aromatic heterocycles. The molecule has 0 aliphatic carbocycles. The van der Waals surface area contributed by atoms with Gasteiger partial charge in [0.15, 0.2) is 6.23 Å². The Morgan fingerprint density at radius 2 is 1.88 bits per heavy atom. The number of ether oxygens (including phenoxy) is 1. The largest absolute Gasteiger partial charge is 0.423 e. The Morgan fingerprint density at radius 3 is 2.47 bits per heavy atom. The van der Waals surface area contributed by atoms with Crippen molar-refractivity contribution in [1.29, 1.82) is 0 Å². The average Bonchev–Trinajstić information content (AvgIpc) is 3.24. The molecule has 0 bridgehead atoms. The molecule has 1 aromatic carbocycles. The van der Waals surface area contributed by atoms with Crippen molar-refractivity contribution in [3.8, 4) is 11.1 Å². The molecule has 1 atom stereocenters. The van der Waals surface area contributed by atoms with Gasteiger partial charge in [0.1, 0.15) is 5.82 Å². The highest BCUT2D eigenvalue weighted by Crippen LogP contribution is 2.29. The summed E-state index contributed by atoms with van der Waals surface area (Å²) in [6.45, 7) is 3.91. The molecule has 2 saturated heterocycles. The number of likely N-dealkylation sites (N-methyl/N-ethyl adjacent to an activating group) is 1. The molecule has 180 valence electrons. The second-order valence-corrected chi connectivity index (χ2v) is 8.58. The van der Waals surface area contributed by atoms with Gasteiger partial charge in [0.2, 0.25) is 17.8 Å². The van der Waals surface area contributed by atoms with Gasteiger partial charge in [-0.2, -0.15) is 0 Å². The lowest BCUT2D eigenvalue weighted by molar-refractivity contribution is -0.134. The minimum atomic E-state index is -0.729. The van der Waals surface area contributed by atoms with Crippen LogP contribution < -0.4 is 9.80 Å². The lowest BCUT2D eigenvalue weighted by Gasteiger charge is -2.34. The predicted octanol–water partition coefficient (Wildman–Crippen LogP) is 2.09. The fraction of sp³-hybridized carbons (Fsp3) is 0.409. The van der Waals surface area contributed by atoms with Crippen molar-refractivity contribution in [2.45, 2.75) is 13.2 Å². The van der Waals surface area contributed by atoms with E-state index < -0.39 is 18.1 Å². The van der Waals surface area contributed by atoms with E-state index in [1.807, 2.05) is 4.90 Å². The first-order valence-electron chi connectivity index (χ1n) is 10.7. The number of rotatable bonds is 5. The molecule has 3 heterocycles. The molecule has 0 spiro atoms. The quantitative estimate of drug-likeness (QED) is 0.541. The van der Waals surface area contributed by atoms with E-state index >= 15 is 0 Å². The number of hydrogen-bond donors (Lipinski definition) is 0. The maximum absolute atomic E-state index is 15.0. The van der Waals surface area contributed by atoms with Crippen molar-refractivity contribution >= 4 is 45.5 Å². The number of halogens is 2. The zero-order valence-electron chi connectivity index (χ0n) is 18.8. The Bertz CT molecular complexity index is 1090. The number of cyclic esters (lactones) is 1. The molecule has 2 aliphatic heterocycles. The summed E-state index contributed by atoms with van der Waals surface area (Å²) in [5.74, 6) is -0.198. The Labute approximate surface area is 204 Å². The van der Waals surface area contributed by atoms with Gasteiger partial charge >= 0.3 is 6.09 Å². The normalized spacial score (nSPS) is 18.2. The Balaban J connectivity index is 1.44. The second kappa shape index (κ2) is 9.92. The van der Waals surface area contributed by atoms with Crippen LogP contribution >= 0.6 is 15.9 Å². The molecule has 3 amide bonds. The van der Waals surface area contributed by atoms with Gasteiger partial charge in [0, 0.05) is 63.7 Å². The maximum atomic E-state index is 15.0. The van der Waals surface area contributed by atoms with Crippen molar-refractivity contribution < 1.29 is 23.5 Å². The van der Waals surface area contributed by atoms with Crippen molar-refractivity contribution in [2.75, 3.05) is 54.9 Å². The number of alkyl halides is 1. The van der Waals surface area contributed by atoms with Crippen LogP contribution in [0.25, 0.3) is 11.1 Å². The van der Waals surface area contributed by atoms with Crippen LogP contribution in [0.1, 0.15) is 6.92 Å². The summed E-state index contributed by atoms with van der Waals surface area (Å²) in [6.07, 6.45) is 1.74. The highest BCUT2D eigenvalue weighted by molar-refractivity contribution is 9.09. The minimum absolute atomic E-state index is 0.0541. The molecule has 34 heavy (non-hydrogen) atoms. The average molecular weight is 535 g/mol. The highest BCUT2D eigenvalue weighted by Gasteiger charge is 2.36. The number of piperazine rings is 1. The first-order valence-corrected chi connectivity index (χ1v) is 11.8. The van der Waals surface area contributed by atoms with E-state index in [1.165, 1.54) is 22.8 Å². The molecule has 0 N–H and O–H groups in total. The molecule has 2 aliphatic rings. The first-order chi connectivity index (χ1) is 16.3. The van der Waals surface area contributed by atoms with Crippen LogP contribution in [0.4, 0.5) is 20.8 Å². The standard InChI is InChI=1S/C22H24BrFN6O4/c1-14(31)27(2)20-13-30(22(33)34-20)16-3-4-17(18(24)9-16)15-11-25-21(26-12-15)29-7-5-28(6-8-29)19(32)10-23/h3-4,9,11-12,20H,5-8,10,13H2,1-2H3. The maximum Gasteiger partial charge on any atom is 0.416 e. The summed E-state index contributed by atoms with van der Waals surface area (Å²) in [6, 6.07) is 4.42. The third kappa shape index (κ3) is 4.81. The summed E-state index contributed by atoms with van der Waals surface area (Å²) in [7, 11) is 1.54. The van der Waals surface area contributed by atoms with Gasteiger partial charge in [0.05, 0.1) is 17.6 Å². The van der Waals surface area contributed by atoms with Crippen molar-refractivity contribution in [3.05, 3.63) is 36.4 Å². The van der Waals surface area contributed by atoms with Gasteiger partial charge in [-0.15, -0.1) is 0 Å². The van der Waals surface area contributed by atoms with Gasteiger partial charge in [-0.25, -0.2) is 19.2 Å². The SMILES string of the molecule is CC(=O)N(C)C1CN(c2ccc(-c3cnc(N4CCN(C(=O)CBr)CC4)nc3)c(F)c2)C(=O)O1. The lowest BCUT2D eigenvalue weighted by Crippen LogP contribution is -2.49. The molecule has 2 fully saturated rings. The molecule has 1 unspecified atom stereocenters. The smallest absolute Gasteiger partial charge is 0.416 e. The van der Waals surface area contributed by atoms with Crippen LogP contribution in [-0.4, -0.2) is 89.0 Å². The summed E-state index contributed by atoms with van der Waals surface area (Å²) in [5, 5.41) is 0.303. The molecular formula is C22H24BrFN6O4. The van der Waals surface area contributed by atoms with Crippen LogP contribution in [0.3, 0.4) is 0 Å². The number of nitrogens with zero attached hydrogens (tertiary/aromatic N) is 6. The number of hydrogen-bond acceptors (Lipinski definition) is 7. The number of amides is 3. The molecule has 4 rings (SSSR count). The van der Waals surface area contributed by atoms with Gasteiger partial charge in [-0.1, -0.05) is 15.9 Å². The zero-order valence-corrected chi connectivity index (χ0v) is 20.4. The van der Waals surface area contributed by atoms with E-state index in [4.69, 9.17) is 4.74 Å². The van der Waals surface area contributed by atoms with Crippen LogP contribution in [0.5, 0.6) is 0 Å². The Kier molecular flexibility index (Phi) is 6.96. The molecule has 2 aromatic rings. The first kappa shape index (κ1) is 23.9. The van der Waals surface area contributed by atoms with Gasteiger partial charge in [0.25, 0.3) is 0 Å². The molecule has 12 heteroatoms. The van der Waals surface area contributed by atoms with Crippen molar-refractivity contribution in [1.82, 2.24) is 19.8 Å². The third-order valence-electron chi connectivity index (χ3n) is 5.97. The molecule has 0 radical (unpaired) electrons. The van der Waals surface area contributed by atoms with E-state index in [2.05, 4.69) is 25.9 Å². The van der Waals surface area contributed by atoms with Gasteiger partial charge in [-0.05, 0) is 18.2 Å². The van der Waals surface area contributed by atoms with Gasteiger partial charge < -0.3 is 19.4 Å². The van der Waals surface area contributed by atoms with E-state index in [-0.39, 0.29) is 18.4 Å². The third-order valence-corrected chi connectivity index (χ3v) is 6.45. The van der Waals surface area contributed by atoms with Crippen molar-refractivity contribution in [2.24, 2.45) is 0 Å². The number of anilines is 2. The summed E-state index contributed by atoms with van der Waals surface area (Å²) in [5.41, 5.74) is 1.13. The van der Waals surface area contributed by atoms with Crippen LogP contribution in [0.2, 0.25) is 0 Å². The Hall–Kier alpha value is -3.28. The van der Waals surface area contributed by atoms with Gasteiger partial charge in [-0.3, -0.25) is 14.5 Å².